The zero-order valence-electron chi connectivity index (χ0n) is 18.9. The van der Waals surface area contributed by atoms with E-state index in [0.29, 0.717) is 39.3 Å². The predicted octanol–water partition coefficient (Wildman–Crippen LogP) is 5.64. The van der Waals surface area contributed by atoms with E-state index in [1.165, 1.54) is 6.07 Å². The molecule has 0 aliphatic heterocycles. The molecule has 1 amide bonds. The number of benzene rings is 2. The number of anilines is 1. The molecular weight excluding hydrogens is 481 g/mol. The van der Waals surface area contributed by atoms with Gasteiger partial charge in [0.1, 0.15) is 11.4 Å². The number of carbonyl (C=O) groups excluding carboxylic acids is 1. The van der Waals surface area contributed by atoms with Gasteiger partial charge in [0, 0.05) is 24.2 Å². The maximum atomic E-state index is 12.6. The smallest absolute Gasteiger partial charge is 0.304 e. The maximum Gasteiger partial charge on any atom is 0.304 e. The molecule has 3 rings (SSSR count). The molecule has 0 bridgehead atoms. The quantitative estimate of drug-likeness (QED) is 0.326. The Morgan fingerprint density at radius 1 is 1.09 bits per heavy atom. The van der Waals surface area contributed by atoms with Crippen LogP contribution in [0.5, 0.6) is 5.75 Å². The minimum Gasteiger partial charge on any atom is -0.489 e. The molecule has 1 aromatic heterocycles. The standard InChI is InChI=1S/C24H25Cl2N3O5/c1-13(2)33-21-7-5-16(10-18(21)26)20-11-22(34-29-20)24(32)28-19-6-4-15(9-17(19)25)12-27-14(3)8-23(30)31/h4-7,9-11,13-14,27H,8,12H2,1-3H3,(H,28,32)(H,30,31). The second kappa shape index (κ2) is 11.4. The number of hydrogen-bond acceptors (Lipinski definition) is 6. The minimum atomic E-state index is -0.869. The van der Waals surface area contributed by atoms with Crippen molar-refractivity contribution in [3.8, 4) is 17.0 Å². The molecule has 10 heteroatoms. The summed E-state index contributed by atoms with van der Waals surface area (Å²) in [5, 5.41) is 19.4. The molecule has 34 heavy (non-hydrogen) atoms. The van der Waals surface area contributed by atoms with E-state index in [4.69, 9.17) is 37.6 Å². The summed E-state index contributed by atoms with van der Waals surface area (Å²) in [6.45, 7) is 6.05. The molecule has 0 fully saturated rings. The fraction of sp³-hybridized carbons (Fsp3) is 0.292. The number of nitrogens with zero attached hydrogens (tertiary/aromatic N) is 1. The van der Waals surface area contributed by atoms with Gasteiger partial charge in [-0.2, -0.15) is 0 Å². The SMILES string of the molecule is CC(CC(=O)O)NCc1ccc(NC(=O)c2cc(-c3ccc(OC(C)C)c(Cl)c3)no2)c(Cl)c1. The Bertz CT molecular complexity index is 1180. The number of hydrogen-bond donors (Lipinski definition) is 3. The van der Waals surface area contributed by atoms with Gasteiger partial charge in [0.15, 0.2) is 0 Å². The molecule has 180 valence electrons. The highest BCUT2D eigenvalue weighted by atomic mass is 35.5. The van der Waals surface area contributed by atoms with Gasteiger partial charge < -0.3 is 25.0 Å². The number of aromatic nitrogens is 1. The van der Waals surface area contributed by atoms with Crippen LogP contribution in [0.25, 0.3) is 11.3 Å². The van der Waals surface area contributed by atoms with Crippen molar-refractivity contribution < 1.29 is 24.0 Å². The number of nitrogens with one attached hydrogen (secondary N) is 2. The third-order valence-corrected chi connectivity index (χ3v) is 5.35. The summed E-state index contributed by atoms with van der Waals surface area (Å²) < 4.78 is 10.8. The molecule has 0 aliphatic rings. The van der Waals surface area contributed by atoms with Crippen molar-refractivity contribution in [1.82, 2.24) is 10.5 Å². The van der Waals surface area contributed by atoms with E-state index in [9.17, 15) is 9.59 Å². The van der Waals surface area contributed by atoms with Gasteiger partial charge in [0.25, 0.3) is 5.91 Å². The molecular formula is C24H25Cl2N3O5. The molecule has 1 atom stereocenters. The van der Waals surface area contributed by atoms with E-state index >= 15 is 0 Å². The van der Waals surface area contributed by atoms with E-state index in [0.717, 1.165) is 5.56 Å². The van der Waals surface area contributed by atoms with Crippen molar-refractivity contribution in [3.05, 3.63) is 63.8 Å². The molecule has 0 radical (unpaired) electrons. The summed E-state index contributed by atoms with van der Waals surface area (Å²) in [5.41, 5.74) is 2.39. The van der Waals surface area contributed by atoms with E-state index in [2.05, 4.69) is 15.8 Å². The highest BCUT2D eigenvalue weighted by Crippen LogP contribution is 2.31. The third-order valence-electron chi connectivity index (χ3n) is 4.74. The minimum absolute atomic E-state index is 0.0108. The number of carbonyl (C=O) groups is 2. The van der Waals surface area contributed by atoms with Gasteiger partial charge in [-0.1, -0.05) is 34.4 Å². The second-order valence-electron chi connectivity index (χ2n) is 8.04. The van der Waals surface area contributed by atoms with Crippen molar-refractivity contribution >= 4 is 40.8 Å². The zero-order chi connectivity index (χ0) is 24.8. The molecule has 0 spiro atoms. The number of halogens is 2. The number of aliphatic carboxylic acids is 1. The lowest BCUT2D eigenvalue weighted by Gasteiger charge is -2.12. The predicted molar refractivity (Wildman–Crippen MR) is 131 cm³/mol. The summed E-state index contributed by atoms with van der Waals surface area (Å²) in [6, 6.07) is 11.7. The van der Waals surface area contributed by atoms with E-state index in [1.807, 2.05) is 13.8 Å². The highest BCUT2D eigenvalue weighted by molar-refractivity contribution is 6.34. The first-order valence-electron chi connectivity index (χ1n) is 10.6. The average molecular weight is 506 g/mol. The van der Waals surface area contributed by atoms with Crippen LogP contribution in [-0.4, -0.2) is 34.3 Å². The van der Waals surface area contributed by atoms with Gasteiger partial charge >= 0.3 is 5.97 Å². The lowest BCUT2D eigenvalue weighted by atomic mass is 10.1. The lowest BCUT2D eigenvalue weighted by molar-refractivity contribution is -0.137. The molecule has 3 aromatic rings. The molecule has 2 aromatic carbocycles. The Morgan fingerprint density at radius 2 is 1.85 bits per heavy atom. The first kappa shape index (κ1) is 25.6. The largest absolute Gasteiger partial charge is 0.489 e. The Morgan fingerprint density at radius 3 is 2.50 bits per heavy atom. The lowest BCUT2D eigenvalue weighted by Crippen LogP contribution is -2.27. The van der Waals surface area contributed by atoms with Crippen LogP contribution in [0, 0.1) is 0 Å². The van der Waals surface area contributed by atoms with Crippen molar-refractivity contribution in [2.24, 2.45) is 0 Å². The van der Waals surface area contributed by atoms with Crippen molar-refractivity contribution in [1.29, 1.82) is 0 Å². The van der Waals surface area contributed by atoms with Gasteiger partial charge in [-0.25, -0.2) is 0 Å². The average Bonchev–Trinajstić information content (AvgIpc) is 3.25. The molecule has 8 nitrogen and oxygen atoms in total. The summed E-state index contributed by atoms with van der Waals surface area (Å²) in [5.74, 6) is -0.802. The molecule has 0 saturated heterocycles. The van der Waals surface area contributed by atoms with Crippen LogP contribution in [0.3, 0.4) is 0 Å². The maximum absolute atomic E-state index is 12.6. The Hall–Kier alpha value is -3.07. The van der Waals surface area contributed by atoms with E-state index in [1.54, 1.807) is 43.3 Å². The summed E-state index contributed by atoms with van der Waals surface area (Å²) >= 11 is 12.6. The molecule has 3 N–H and O–H groups in total. The summed E-state index contributed by atoms with van der Waals surface area (Å²) in [7, 11) is 0. The molecule has 0 aliphatic carbocycles. The van der Waals surface area contributed by atoms with E-state index in [-0.39, 0.29) is 24.3 Å². The first-order chi connectivity index (χ1) is 16.1. The van der Waals surface area contributed by atoms with Crippen LogP contribution in [0.1, 0.15) is 43.3 Å². The first-order valence-corrected chi connectivity index (χ1v) is 11.4. The van der Waals surface area contributed by atoms with Crippen LogP contribution in [0.2, 0.25) is 10.0 Å². The van der Waals surface area contributed by atoms with Gasteiger partial charge in [-0.05, 0) is 56.7 Å². The van der Waals surface area contributed by atoms with Gasteiger partial charge in [0.05, 0.1) is 28.3 Å². The number of rotatable bonds is 10. The molecule has 1 unspecified atom stereocenters. The fourth-order valence-corrected chi connectivity index (χ4v) is 3.58. The Labute approximate surface area is 207 Å². The van der Waals surface area contributed by atoms with Crippen molar-refractivity contribution in [2.45, 2.75) is 45.9 Å². The number of ether oxygens (including phenoxy) is 1. The van der Waals surface area contributed by atoms with Gasteiger partial charge in [0.2, 0.25) is 5.76 Å². The van der Waals surface area contributed by atoms with E-state index < -0.39 is 11.9 Å². The van der Waals surface area contributed by atoms with Crippen LogP contribution in [-0.2, 0) is 11.3 Å². The van der Waals surface area contributed by atoms with Gasteiger partial charge in [-0.15, -0.1) is 0 Å². The van der Waals surface area contributed by atoms with Crippen molar-refractivity contribution in [2.75, 3.05) is 5.32 Å². The second-order valence-corrected chi connectivity index (χ2v) is 8.85. The topological polar surface area (TPSA) is 114 Å². The number of carboxylic acids is 1. The highest BCUT2D eigenvalue weighted by Gasteiger charge is 2.17. The monoisotopic (exact) mass is 505 g/mol. The fourth-order valence-electron chi connectivity index (χ4n) is 3.11. The van der Waals surface area contributed by atoms with Crippen LogP contribution in [0.4, 0.5) is 5.69 Å². The number of carboxylic acid groups (broad SMARTS) is 1. The normalized spacial score (nSPS) is 11.9. The van der Waals surface area contributed by atoms with Crippen molar-refractivity contribution in [3.63, 3.8) is 0 Å². The van der Waals surface area contributed by atoms with Crippen LogP contribution < -0.4 is 15.4 Å². The summed E-state index contributed by atoms with van der Waals surface area (Å²) in [6.07, 6.45) is 0.00619. The molecule has 1 heterocycles. The van der Waals surface area contributed by atoms with Gasteiger partial charge in [-0.3, -0.25) is 9.59 Å². The Kier molecular flexibility index (Phi) is 8.55. The molecule has 0 saturated carbocycles. The zero-order valence-corrected chi connectivity index (χ0v) is 20.4. The number of amides is 1. The third kappa shape index (κ3) is 6.96. The Balaban J connectivity index is 1.64. The van der Waals surface area contributed by atoms with Crippen LogP contribution in [0.15, 0.2) is 47.0 Å². The summed E-state index contributed by atoms with van der Waals surface area (Å²) in [4.78, 5) is 23.4. The van der Waals surface area contributed by atoms with Crippen LogP contribution >= 0.6 is 23.2 Å².